The van der Waals surface area contributed by atoms with Crippen LogP contribution in [0, 0.1) is 0 Å². The van der Waals surface area contributed by atoms with Crippen LogP contribution in [0.25, 0.3) is 5.69 Å². The highest BCUT2D eigenvalue weighted by Gasteiger charge is 2.28. The van der Waals surface area contributed by atoms with Crippen LogP contribution in [0.4, 0.5) is 18.9 Å². The maximum Gasteiger partial charge on any atom is 0.405 e. The van der Waals surface area contributed by atoms with Gasteiger partial charge in [-0.25, -0.2) is 0 Å². The lowest BCUT2D eigenvalue weighted by molar-refractivity contribution is -0.123. The molecule has 0 spiro atoms. The summed E-state index contributed by atoms with van der Waals surface area (Å²) in [5, 5.41) is 15.3. The second kappa shape index (κ2) is 9.24. The number of nitrogens with one attached hydrogen (secondary N) is 2. The van der Waals surface area contributed by atoms with E-state index in [0.29, 0.717) is 17.1 Å². The molecule has 0 radical (unpaired) electrons. The molecule has 9 nitrogen and oxygen atoms in total. The van der Waals surface area contributed by atoms with E-state index in [4.69, 9.17) is 4.74 Å². The minimum Gasteiger partial charge on any atom is -0.497 e. The summed E-state index contributed by atoms with van der Waals surface area (Å²) in [6, 6.07) is 13.4. The van der Waals surface area contributed by atoms with E-state index in [9.17, 15) is 22.8 Å². The zero-order valence-electron chi connectivity index (χ0n) is 16.2. The molecule has 0 saturated carbocycles. The van der Waals surface area contributed by atoms with Gasteiger partial charge in [0.1, 0.15) is 12.3 Å². The van der Waals surface area contributed by atoms with E-state index in [1.54, 1.807) is 61.0 Å². The van der Waals surface area contributed by atoms with E-state index >= 15 is 0 Å². The van der Waals surface area contributed by atoms with Crippen molar-refractivity contribution in [1.82, 2.24) is 25.5 Å². The molecule has 2 amide bonds. The van der Waals surface area contributed by atoms with Crippen molar-refractivity contribution in [2.45, 2.75) is 12.6 Å². The molecule has 0 aliphatic rings. The van der Waals surface area contributed by atoms with Crippen LogP contribution in [0.1, 0.15) is 16.2 Å². The van der Waals surface area contributed by atoms with Gasteiger partial charge in [0.05, 0.1) is 19.2 Å². The van der Waals surface area contributed by atoms with Gasteiger partial charge in [-0.15, -0.1) is 15.0 Å². The largest absolute Gasteiger partial charge is 0.497 e. The first-order valence-corrected chi connectivity index (χ1v) is 8.92. The summed E-state index contributed by atoms with van der Waals surface area (Å²) in [5.74, 6) is -1.12. The minimum absolute atomic E-state index is 0.173. The molecule has 0 bridgehead atoms. The second-order valence-corrected chi connectivity index (χ2v) is 6.32. The number of methoxy groups -OCH3 is 1. The molecule has 3 aromatic rings. The van der Waals surface area contributed by atoms with E-state index in [-0.39, 0.29) is 12.3 Å². The number of tetrazole rings is 1. The van der Waals surface area contributed by atoms with Crippen molar-refractivity contribution in [2.24, 2.45) is 0 Å². The molecule has 0 aliphatic heterocycles. The van der Waals surface area contributed by atoms with Gasteiger partial charge in [-0.3, -0.25) is 9.59 Å². The molecule has 0 atom stereocenters. The maximum atomic E-state index is 12.2. The van der Waals surface area contributed by atoms with Gasteiger partial charge in [0.2, 0.25) is 5.91 Å². The van der Waals surface area contributed by atoms with Crippen LogP contribution in [0.15, 0.2) is 48.5 Å². The van der Waals surface area contributed by atoms with Crippen molar-refractivity contribution in [1.29, 1.82) is 0 Å². The number of halogens is 3. The molecule has 162 valence electrons. The first kappa shape index (κ1) is 21.7. The number of aromatic nitrogens is 4. The summed E-state index contributed by atoms with van der Waals surface area (Å²) in [4.78, 5) is 24.8. The number of amides is 2. The Hall–Kier alpha value is -3.96. The number of hydrogen-bond acceptors (Lipinski definition) is 6. The number of carbonyl (C=O) groups is 2. The van der Waals surface area contributed by atoms with E-state index in [1.807, 2.05) is 0 Å². The van der Waals surface area contributed by atoms with Gasteiger partial charge in [-0.1, -0.05) is 12.1 Å². The number of alkyl halides is 3. The molecule has 31 heavy (non-hydrogen) atoms. The summed E-state index contributed by atoms with van der Waals surface area (Å²) < 4.78 is 41.6. The predicted octanol–water partition coefficient (Wildman–Crippen LogP) is 2.14. The van der Waals surface area contributed by atoms with Crippen LogP contribution in [0.3, 0.4) is 0 Å². The van der Waals surface area contributed by atoms with Crippen LogP contribution >= 0.6 is 0 Å². The van der Waals surface area contributed by atoms with Gasteiger partial charge in [-0.2, -0.15) is 13.2 Å². The number of anilines is 1. The van der Waals surface area contributed by atoms with Crippen LogP contribution in [0.2, 0.25) is 0 Å². The van der Waals surface area contributed by atoms with Gasteiger partial charge in [0.25, 0.3) is 11.7 Å². The number of rotatable bonds is 7. The quantitative estimate of drug-likeness (QED) is 0.590. The predicted molar refractivity (Wildman–Crippen MR) is 103 cm³/mol. The first-order chi connectivity index (χ1) is 14.7. The van der Waals surface area contributed by atoms with E-state index in [0.717, 1.165) is 10.4 Å². The third-order valence-electron chi connectivity index (χ3n) is 3.97. The molecule has 2 aromatic carbocycles. The van der Waals surface area contributed by atoms with Crippen LogP contribution in [0.5, 0.6) is 5.75 Å². The van der Waals surface area contributed by atoms with Gasteiger partial charge >= 0.3 is 6.18 Å². The summed E-state index contributed by atoms with van der Waals surface area (Å²) in [7, 11) is 1.56. The van der Waals surface area contributed by atoms with Gasteiger partial charge in [-0.05, 0) is 47.2 Å². The Labute approximate surface area is 174 Å². The molecule has 0 aliphatic carbocycles. The summed E-state index contributed by atoms with van der Waals surface area (Å²) in [6.45, 7) is -1.49. The molecule has 0 saturated heterocycles. The Morgan fingerprint density at radius 3 is 2.35 bits per heavy atom. The number of nitrogens with zero attached hydrogens (tertiary/aromatic N) is 4. The number of carbonyl (C=O) groups excluding carboxylic acids is 2. The number of ether oxygens (including phenoxy) is 1. The van der Waals surface area contributed by atoms with E-state index < -0.39 is 24.5 Å². The van der Waals surface area contributed by atoms with Gasteiger partial charge in [0, 0.05) is 5.69 Å². The Kier molecular flexibility index (Phi) is 6.48. The fourth-order valence-corrected chi connectivity index (χ4v) is 2.49. The third kappa shape index (κ3) is 6.26. The zero-order chi connectivity index (χ0) is 22.4. The molecule has 2 N–H and O–H groups in total. The first-order valence-electron chi connectivity index (χ1n) is 8.92. The second-order valence-electron chi connectivity index (χ2n) is 6.32. The lowest BCUT2D eigenvalue weighted by atomic mass is 10.1. The molecule has 12 heteroatoms. The van der Waals surface area contributed by atoms with Gasteiger partial charge < -0.3 is 15.4 Å². The number of hydrogen-bond donors (Lipinski definition) is 2. The van der Waals surface area contributed by atoms with Crippen molar-refractivity contribution in [3.05, 3.63) is 59.9 Å². The topological polar surface area (TPSA) is 111 Å². The Morgan fingerprint density at radius 1 is 1.06 bits per heavy atom. The minimum atomic E-state index is -4.54. The highest BCUT2D eigenvalue weighted by molar-refractivity contribution is 5.92. The SMILES string of the molecule is COc1ccc(CC(=O)Nc2ccc(-n3nnc(C(=O)NCC(F)(F)F)n3)cc2)cc1. The Bertz CT molecular complexity index is 1050. The average Bonchev–Trinajstić information content (AvgIpc) is 3.23. The average molecular weight is 434 g/mol. The molecule has 1 aromatic heterocycles. The van der Waals surface area contributed by atoms with Gasteiger partial charge in [0.15, 0.2) is 0 Å². The highest BCUT2D eigenvalue weighted by Crippen LogP contribution is 2.15. The Morgan fingerprint density at radius 2 is 1.74 bits per heavy atom. The summed E-state index contributed by atoms with van der Waals surface area (Å²) in [5.41, 5.74) is 1.74. The van der Waals surface area contributed by atoms with Crippen molar-refractivity contribution in [2.75, 3.05) is 19.0 Å². The highest BCUT2D eigenvalue weighted by atomic mass is 19.4. The Balaban J connectivity index is 1.58. The molecule has 0 unspecified atom stereocenters. The van der Waals surface area contributed by atoms with Crippen LogP contribution < -0.4 is 15.4 Å². The van der Waals surface area contributed by atoms with Crippen molar-refractivity contribution in [3.63, 3.8) is 0 Å². The molecule has 0 fully saturated rings. The lowest BCUT2D eigenvalue weighted by Gasteiger charge is -2.07. The number of benzene rings is 2. The standard InChI is InChI=1S/C19H17F3N6O3/c1-31-15-8-2-12(3-9-15)10-16(29)24-13-4-6-14(7-5-13)28-26-17(25-27-28)18(30)23-11-19(20,21)22/h2-9H,10-11H2,1H3,(H,23,30)(H,24,29). The fraction of sp³-hybridized carbons (Fsp3) is 0.211. The normalized spacial score (nSPS) is 11.1. The maximum absolute atomic E-state index is 12.2. The molecule has 1 heterocycles. The lowest BCUT2D eigenvalue weighted by Crippen LogP contribution is -2.34. The van der Waals surface area contributed by atoms with E-state index in [2.05, 4.69) is 20.7 Å². The summed E-state index contributed by atoms with van der Waals surface area (Å²) >= 11 is 0. The fourth-order valence-electron chi connectivity index (χ4n) is 2.49. The molecular weight excluding hydrogens is 417 g/mol. The van der Waals surface area contributed by atoms with Crippen molar-refractivity contribution in [3.8, 4) is 11.4 Å². The zero-order valence-corrected chi connectivity index (χ0v) is 16.2. The van der Waals surface area contributed by atoms with Crippen LogP contribution in [-0.4, -0.2) is 51.9 Å². The molecular formula is C19H17F3N6O3. The monoisotopic (exact) mass is 434 g/mol. The van der Waals surface area contributed by atoms with Crippen molar-refractivity contribution >= 4 is 17.5 Å². The van der Waals surface area contributed by atoms with Crippen molar-refractivity contribution < 1.29 is 27.5 Å². The summed E-state index contributed by atoms with van der Waals surface area (Å²) in [6.07, 6.45) is -4.37. The molecule has 3 rings (SSSR count). The van der Waals surface area contributed by atoms with E-state index in [1.165, 1.54) is 0 Å². The van der Waals surface area contributed by atoms with Crippen LogP contribution in [-0.2, 0) is 11.2 Å². The smallest absolute Gasteiger partial charge is 0.405 e. The third-order valence-corrected chi connectivity index (χ3v) is 3.97.